The van der Waals surface area contributed by atoms with Gasteiger partial charge in [-0.25, -0.2) is 4.98 Å². The van der Waals surface area contributed by atoms with Crippen molar-refractivity contribution in [1.29, 1.82) is 0 Å². The lowest BCUT2D eigenvalue weighted by molar-refractivity contribution is -0.163. The Kier molecular flexibility index (Phi) is 4.91. The van der Waals surface area contributed by atoms with E-state index in [2.05, 4.69) is 9.97 Å². The number of carbonyl (C=O) groups is 1. The van der Waals surface area contributed by atoms with Gasteiger partial charge < -0.3 is 19.7 Å². The van der Waals surface area contributed by atoms with Gasteiger partial charge in [-0.05, 0) is 13.3 Å². The monoisotopic (exact) mass is 323 g/mol. The molecule has 1 aliphatic heterocycles. The Morgan fingerprint density at radius 3 is 2.78 bits per heavy atom. The van der Waals surface area contributed by atoms with Crippen LogP contribution in [0.4, 0.5) is 0 Å². The molecule has 0 spiro atoms. The summed E-state index contributed by atoms with van der Waals surface area (Å²) in [5.41, 5.74) is -1.37. The van der Waals surface area contributed by atoms with Gasteiger partial charge in [-0.1, -0.05) is 13.8 Å². The first kappa shape index (κ1) is 17.6. The van der Waals surface area contributed by atoms with Crippen molar-refractivity contribution in [3.63, 3.8) is 0 Å². The maximum Gasteiger partial charge on any atom is 0.254 e. The summed E-state index contributed by atoms with van der Waals surface area (Å²) in [5, 5.41) is 10.7. The lowest BCUT2D eigenvalue weighted by Crippen LogP contribution is -2.60. The lowest BCUT2D eigenvalue weighted by Gasteiger charge is -2.50. The van der Waals surface area contributed by atoms with Gasteiger partial charge >= 0.3 is 0 Å². The van der Waals surface area contributed by atoms with Crippen LogP contribution in [0.1, 0.15) is 31.7 Å². The highest BCUT2D eigenvalue weighted by atomic mass is 16.5. The van der Waals surface area contributed by atoms with Crippen molar-refractivity contribution in [1.82, 2.24) is 14.9 Å². The van der Waals surface area contributed by atoms with Crippen molar-refractivity contribution in [2.24, 2.45) is 5.41 Å². The summed E-state index contributed by atoms with van der Waals surface area (Å²) in [6.07, 6.45) is 1.91. The number of aromatic amines is 1. The number of ether oxygens (including phenoxy) is 1. The molecule has 1 aliphatic rings. The van der Waals surface area contributed by atoms with Gasteiger partial charge in [-0.2, -0.15) is 0 Å². The quantitative estimate of drug-likeness (QED) is 0.828. The van der Waals surface area contributed by atoms with Crippen LogP contribution >= 0.6 is 0 Å². The number of likely N-dealkylation sites (tertiary alicyclic amines) is 1. The Bertz CT molecular complexity index is 640. The molecule has 23 heavy (non-hydrogen) atoms. The predicted molar refractivity (Wildman–Crippen MR) is 85.1 cm³/mol. The molecule has 1 saturated heterocycles. The highest BCUT2D eigenvalue weighted by Gasteiger charge is 2.48. The highest BCUT2D eigenvalue weighted by molar-refractivity contribution is 5.78. The van der Waals surface area contributed by atoms with Gasteiger partial charge in [0.25, 0.3) is 5.56 Å². The Morgan fingerprint density at radius 1 is 1.52 bits per heavy atom. The van der Waals surface area contributed by atoms with E-state index >= 15 is 0 Å². The van der Waals surface area contributed by atoms with Crippen molar-refractivity contribution in [3.8, 4) is 0 Å². The maximum atomic E-state index is 12.5. The first-order valence-corrected chi connectivity index (χ1v) is 7.72. The number of aromatic nitrogens is 2. The zero-order valence-corrected chi connectivity index (χ0v) is 14.2. The summed E-state index contributed by atoms with van der Waals surface area (Å²) in [4.78, 5) is 32.7. The molecule has 1 amide bonds. The smallest absolute Gasteiger partial charge is 0.254 e. The SMILES string of the molecule is COC[C@]1(O)CCN(C(=O)Cc2cnc(C)[nH]c2=O)CC1(C)C. The van der Waals surface area contributed by atoms with Gasteiger partial charge in [0.05, 0.1) is 18.6 Å². The number of rotatable bonds is 4. The first-order valence-electron chi connectivity index (χ1n) is 7.72. The molecule has 1 aromatic heterocycles. The lowest BCUT2D eigenvalue weighted by atomic mass is 9.70. The van der Waals surface area contributed by atoms with E-state index < -0.39 is 11.0 Å². The number of piperidine rings is 1. The van der Waals surface area contributed by atoms with Crippen molar-refractivity contribution in [2.75, 3.05) is 26.8 Å². The predicted octanol–water partition coefficient (Wildman–Crippen LogP) is 0.257. The second-order valence-electron chi connectivity index (χ2n) is 6.91. The minimum absolute atomic E-state index is 0.0153. The molecule has 1 atom stereocenters. The minimum atomic E-state index is -0.957. The van der Waals surface area contributed by atoms with Gasteiger partial charge in [0, 0.05) is 37.4 Å². The zero-order chi connectivity index (χ0) is 17.3. The van der Waals surface area contributed by atoms with E-state index in [0.29, 0.717) is 30.9 Å². The third kappa shape index (κ3) is 3.61. The molecule has 0 bridgehead atoms. The molecule has 7 heteroatoms. The summed E-state index contributed by atoms with van der Waals surface area (Å²) in [5.74, 6) is 0.392. The van der Waals surface area contributed by atoms with Crippen molar-refractivity contribution in [3.05, 3.63) is 27.9 Å². The van der Waals surface area contributed by atoms with E-state index in [0.717, 1.165) is 0 Å². The molecular weight excluding hydrogens is 298 g/mol. The number of hydrogen-bond donors (Lipinski definition) is 2. The molecule has 7 nitrogen and oxygen atoms in total. The van der Waals surface area contributed by atoms with E-state index in [1.807, 2.05) is 13.8 Å². The van der Waals surface area contributed by atoms with Gasteiger partial charge in [0.15, 0.2) is 0 Å². The number of amides is 1. The molecule has 0 aromatic carbocycles. The third-order valence-electron chi connectivity index (χ3n) is 4.72. The number of methoxy groups -OCH3 is 1. The van der Waals surface area contributed by atoms with Crippen LogP contribution in [-0.4, -0.2) is 58.3 Å². The van der Waals surface area contributed by atoms with E-state index in [4.69, 9.17) is 4.74 Å². The normalized spacial score (nSPS) is 23.8. The van der Waals surface area contributed by atoms with Crippen LogP contribution in [0.2, 0.25) is 0 Å². The fourth-order valence-corrected chi connectivity index (χ4v) is 2.99. The molecule has 0 unspecified atom stereocenters. The van der Waals surface area contributed by atoms with Crippen LogP contribution in [0.5, 0.6) is 0 Å². The topological polar surface area (TPSA) is 95.5 Å². The molecule has 2 heterocycles. The molecular formula is C16H25N3O4. The summed E-state index contributed by atoms with van der Waals surface area (Å²) in [6.45, 7) is 6.64. The zero-order valence-electron chi connectivity index (χ0n) is 14.2. The second kappa shape index (κ2) is 6.41. The molecule has 0 radical (unpaired) electrons. The summed E-state index contributed by atoms with van der Waals surface area (Å²) >= 11 is 0. The van der Waals surface area contributed by atoms with Crippen LogP contribution in [0.25, 0.3) is 0 Å². The van der Waals surface area contributed by atoms with E-state index in [1.54, 1.807) is 18.9 Å². The number of carbonyl (C=O) groups excluding carboxylic acids is 1. The third-order valence-corrected chi connectivity index (χ3v) is 4.72. The van der Waals surface area contributed by atoms with Crippen LogP contribution in [0, 0.1) is 12.3 Å². The molecule has 1 fully saturated rings. The average Bonchev–Trinajstić information content (AvgIpc) is 2.45. The van der Waals surface area contributed by atoms with Gasteiger partial charge in [0.1, 0.15) is 5.82 Å². The Hall–Kier alpha value is -1.73. The van der Waals surface area contributed by atoms with Crippen LogP contribution < -0.4 is 5.56 Å². The largest absolute Gasteiger partial charge is 0.387 e. The first-order chi connectivity index (χ1) is 10.7. The molecule has 128 valence electrons. The Balaban J connectivity index is 2.09. The van der Waals surface area contributed by atoms with E-state index in [-0.39, 0.29) is 24.5 Å². The van der Waals surface area contributed by atoms with Crippen molar-refractivity contribution >= 4 is 5.91 Å². The Morgan fingerprint density at radius 2 is 2.22 bits per heavy atom. The van der Waals surface area contributed by atoms with E-state index in [1.165, 1.54) is 6.20 Å². The highest BCUT2D eigenvalue weighted by Crippen LogP contribution is 2.38. The molecule has 2 rings (SSSR count). The number of hydrogen-bond acceptors (Lipinski definition) is 5. The van der Waals surface area contributed by atoms with Crippen LogP contribution in [0.3, 0.4) is 0 Å². The van der Waals surface area contributed by atoms with Crippen LogP contribution in [0.15, 0.2) is 11.0 Å². The molecule has 1 aromatic rings. The maximum absolute atomic E-state index is 12.5. The molecule has 0 aliphatic carbocycles. The number of aliphatic hydroxyl groups is 1. The summed E-state index contributed by atoms with van der Waals surface area (Å²) in [7, 11) is 1.56. The van der Waals surface area contributed by atoms with Gasteiger partial charge in [0.2, 0.25) is 5.91 Å². The van der Waals surface area contributed by atoms with Gasteiger partial charge in [-0.15, -0.1) is 0 Å². The standard InChI is InChI=1S/C16H25N3O4/c1-11-17-8-12(14(21)18-11)7-13(20)19-6-5-16(22,10-23-4)15(2,3)9-19/h8,22H,5-7,9-10H2,1-4H3,(H,17,18,21)/t16-/m1/s1. The summed E-state index contributed by atoms with van der Waals surface area (Å²) < 4.78 is 5.13. The van der Waals surface area contributed by atoms with E-state index in [9.17, 15) is 14.7 Å². The van der Waals surface area contributed by atoms with Crippen LogP contribution in [-0.2, 0) is 16.0 Å². The Labute approximate surface area is 135 Å². The molecule has 0 saturated carbocycles. The fourth-order valence-electron chi connectivity index (χ4n) is 2.99. The second-order valence-corrected chi connectivity index (χ2v) is 6.91. The number of aryl methyl sites for hydroxylation is 1. The number of H-pyrrole nitrogens is 1. The average molecular weight is 323 g/mol. The minimum Gasteiger partial charge on any atom is -0.387 e. The summed E-state index contributed by atoms with van der Waals surface area (Å²) in [6, 6.07) is 0. The van der Waals surface area contributed by atoms with Gasteiger partial charge in [-0.3, -0.25) is 9.59 Å². The number of nitrogens with one attached hydrogen (secondary N) is 1. The molecule has 2 N–H and O–H groups in total. The fraction of sp³-hybridized carbons (Fsp3) is 0.688. The van der Waals surface area contributed by atoms with Crippen molar-refractivity contribution < 1.29 is 14.6 Å². The number of nitrogens with zero attached hydrogens (tertiary/aromatic N) is 2. The van der Waals surface area contributed by atoms with Crippen molar-refractivity contribution in [2.45, 2.75) is 39.2 Å².